The van der Waals surface area contributed by atoms with Gasteiger partial charge in [-0.05, 0) is 12.1 Å². The average Bonchev–Trinajstić information content (AvgIpc) is 3.05. The van der Waals surface area contributed by atoms with E-state index >= 15 is 0 Å². The molecule has 0 fully saturated rings. The van der Waals surface area contributed by atoms with E-state index in [4.69, 9.17) is 0 Å². The van der Waals surface area contributed by atoms with Gasteiger partial charge in [0.1, 0.15) is 0 Å². The monoisotopic (exact) mass is 259 g/mol. The lowest BCUT2D eigenvalue weighted by Gasteiger charge is -1.92. The van der Waals surface area contributed by atoms with Gasteiger partial charge in [-0.1, -0.05) is 0 Å². The molecule has 5 rings (SSSR count). The Bertz CT molecular complexity index is 1010. The van der Waals surface area contributed by atoms with Crippen LogP contribution in [0.15, 0.2) is 43.1 Å². The smallest absolute Gasteiger partial charge is 0.0995 e. The first-order chi connectivity index (χ1) is 9.92. The number of nitrogens with one attached hydrogen (secondary N) is 2. The van der Waals surface area contributed by atoms with Crippen molar-refractivity contribution < 1.29 is 0 Å². The zero-order valence-electron chi connectivity index (χ0n) is 10.4. The molecule has 0 unspecified atom stereocenters. The molecule has 94 valence electrons. The molecule has 0 aliphatic carbocycles. The van der Waals surface area contributed by atoms with Crippen molar-refractivity contribution in [3.05, 3.63) is 43.1 Å². The third kappa shape index (κ3) is 1.10. The molecule has 2 N–H and O–H groups in total. The van der Waals surface area contributed by atoms with Crippen molar-refractivity contribution in [3.63, 3.8) is 0 Å². The Hall–Kier alpha value is -2.95. The normalized spacial score (nSPS) is 12.0. The zero-order valence-corrected chi connectivity index (χ0v) is 10.4. The van der Waals surface area contributed by atoms with Gasteiger partial charge in [0.15, 0.2) is 0 Å². The van der Waals surface area contributed by atoms with E-state index in [0.717, 1.165) is 43.7 Å². The van der Waals surface area contributed by atoms with E-state index in [1.807, 2.05) is 30.7 Å². The first-order valence-corrected chi connectivity index (χ1v) is 6.37. The largest absolute Gasteiger partial charge is 0.353 e. The van der Waals surface area contributed by atoms with Crippen LogP contribution in [0.4, 0.5) is 0 Å². The SMILES string of the molecule is c1cc2[nH]c3c(cnc4c5cnccc5[nH]c43)c2cn1. The summed E-state index contributed by atoms with van der Waals surface area (Å²) >= 11 is 0. The highest BCUT2D eigenvalue weighted by Gasteiger charge is 2.12. The summed E-state index contributed by atoms with van der Waals surface area (Å²) in [6.45, 7) is 0. The summed E-state index contributed by atoms with van der Waals surface area (Å²) in [5.41, 5.74) is 5.14. The second-order valence-electron chi connectivity index (χ2n) is 4.86. The highest BCUT2D eigenvalue weighted by atomic mass is 14.8. The number of nitrogens with zero attached hydrogens (tertiary/aromatic N) is 3. The molecule has 0 radical (unpaired) electrons. The molecule has 5 nitrogen and oxygen atoms in total. The predicted molar refractivity (Wildman–Crippen MR) is 78.6 cm³/mol. The van der Waals surface area contributed by atoms with Crippen molar-refractivity contribution >= 4 is 43.7 Å². The average molecular weight is 259 g/mol. The Morgan fingerprint density at radius 2 is 1.40 bits per heavy atom. The van der Waals surface area contributed by atoms with E-state index in [-0.39, 0.29) is 0 Å². The first-order valence-electron chi connectivity index (χ1n) is 6.37. The van der Waals surface area contributed by atoms with E-state index in [1.54, 1.807) is 12.4 Å². The van der Waals surface area contributed by atoms with Gasteiger partial charge in [0.05, 0.1) is 22.1 Å². The van der Waals surface area contributed by atoms with E-state index in [9.17, 15) is 0 Å². The minimum absolute atomic E-state index is 0.945. The van der Waals surface area contributed by atoms with Gasteiger partial charge in [-0.2, -0.15) is 0 Å². The summed E-state index contributed by atoms with van der Waals surface area (Å²) in [5.74, 6) is 0. The van der Waals surface area contributed by atoms with Crippen LogP contribution >= 0.6 is 0 Å². The fourth-order valence-electron chi connectivity index (χ4n) is 2.85. The zero-order chi connectivity index (χ0) is 13.1. The topological polar surface area (TPSA) is 70.2 Å². The molecule has 5 heterocycles. The minimum atomic E-state index is 0.945. The number of fused-ring (bicyclic) bond motifs is 7. The van der Waals surface area contributed by atoms with Crippen molar-refractivity contribution in [2.45, 2.75) is 0 Å². The summed E-state index contributed by atoms with van der Waals surface area (Å²) in [5, 5.41) is 3.22. The van der Waals surface area contributed by atoms with E-state index in [2.05, 4.69) is 24.9 Å². The van der Waals surface area contributed by atoms with Gasteiger partial charge in [0.25, 0.3) is 0 Å². The highest BCUT2D eigenvalue weighted by Crippen LogP contribution is 2.31. The third-order valence-corrected chi connectivity index (χ3v) is 3.79. The molecule has 0 spiro atoms. The molecule has 5 heteroatoms. The molecule has 0 bridgehead atoms. The molecule has 0 saturated carbocycles. The number of hydrogen-bond donors (Lipinski definition) is 2. The maximum atomic E-state index is 4.60. The van der Waals surface area contributed by atoms with Crippen molar-refractivity contribution in [2.24, 2.45) is 0 Å². The van der Waals surface area contributed by atoms with Crippen LogP contribution in [0.1, 0.15) is 0 Å². The fraction of sp³-hybridized carbons (Fsp3) is 0. The van der Waals surface area contributed by atoms with Gasteiger partial charge in [-0.15, -0.1) is 0 Å². The molecule has 5 aromatic rings. The van der Waals surface area contributed by atoms with Gasteiger partial charge in [0.2, 0.25) is 0 Å². The summed E-state index contributed by atoms with van der Waals surface area (Å²) < 4.78 is 0. The van der Waals surface area contributed by atoms with Crippen LogP contribution in [0.25, 0.3) is 43.7 Å². The van der Waals surface area contributed by atoms with Gasteiger partial charge < -0.3 is 9.97 Å². The van der Waals surface area contributed by atoms with Crippen LogP contribution in [-0.4, -0.2) is 24.9 Å². The predicted octanol–water partition coefficient (Wildman–Crippen LogP) is 3.14. The van der Waals surface area contributed by atoms with E-state index in [0.29, 0.717) is 0 Å². The molecule has 0 aromatic carbocycles. The highest BCUT2D eigenvalue weighted by molar-refractivity contribution is 6.19. The molecule has 0 aliphatic heterocycles. The van der Waals surface area contributed by atoms with Crippen LogP contribution < -0.4 is 0 Å². The van der Waals surface area contributed by atoms with Crippen molar-refractivity contribution in [3.8, 4) is 0 Å². The summed E-state index contributed by atoms with van der Waals surface area (Å²) in [6, 6.07) is 3.94. The second-order valence-corrected chi connectivity index (χ2v) is 4.86. The Morgan fingerprint density at radius 1 is 0.700 bits per heavy atom. The van der Waals surface area contributed by atoms with Crippen molar-refractivity contribution in [1.82, 2.24) is 24.9 Å². The summed E-state index contributed by atoms with van der Waals surface area (Å²) in [6.07, 6.45) is 9.18. The number of H-pyrrole nitrogens is 2. The number of rotatable bonds is 0. The van der Waals surface area contributed by atoms with Crippen LogP contribution in [0.5, 0.6) is 0 Å². The molecular formula is C15H9N5. The van der Waals surface area contributed by atoms with Crippen molar-refractivity contribution in [1.29, 1.82) is 0 Å². The summed E-state index contributed by atoms with van der Waals surface area (Å²) in [4.78, 5) is 19.8. The van der Waals surface area contributed by atoms with Crippen molar-refractivity contribution in [2.75, 3.05) is 0 Å². The lowest BCUT2D eigenvalue weighted by Crippen LogP contribution is -1.77. The number of aromatic amines is 2. The Morgan fingerprint density at radius 3 is 2.25 bits per heavy atom. The Balaban J connectivity index is 2.10. The molecule has 0 saturated heterocycles. The van der Waals surface area contributed by atoms with Crippen LogP contribution in [0.2, 0.25) is 0 Å². The van der Waals surface area contributed by atoms with Gasteiger partial charge in [0, 0.05) is 52.7 Å². The van der Waals surface area contributed by atoms with Gasteiger partial charge in [-0.25, -0.2) is 0 Å². The van der Waals surface area contributed by atoms with E-state index < -0.39 is 0 Å². The van der Waals surface area contributed by atoms with Crippen LogP contribution in [0, 0.1) is 0 Å². The van der Waals surface area contributed by atoms with Gasteiger partial charge in [-0.3, -0.25) is 15.0 Å². The maximum Gasteiger partial charge on any atom is 0.0995 e. The second kappa shape index (κ2) is 3.33. The number of hydrogen-bond acceptors (Lipinski definition) is 3. The maximum absolute atomic E-state index is 4.60. The quantitative estimate of drug-likeness (QED) is 0.449. The third-order valence-electron chi connectivity index (χ3n) is 3.79. The minimum Gasteiger partial charge on any atom is -0.353 e. The van der Waals surface area contributed by atoms with Crippen LogP contribution in [0.3, 0.4) is 0 Å². The lowest BCUT2D eigenvalue weighted by atomic mass is 10.2. The standard InChI is InChI=1S/C15H9N5/c1-3-16-5-8-9-7-18-13-10-6-17-4-2-12(10)20-15(13)14(9)19-11(1)8/h1-7,19-20H. The molecular weight excluding hydrogens is 250 g/mol. The van der Waals surface area contributed by atoms with Gasteiger partial charge >= 0.3 is 0 Å². The molecule has 0 atom stereocenters. The molecule has 0 aliphatic rings. The fourth-order valence-corrected chi connectivity index (χ4v) is 2.85. The Labute approximate surface area is 112 Å². The van der Waals surface area contributed by atoms with Crippen LogP contribution in [-0.2, 0) is 0 Å². The molecule has 0 amide bonds. The molecule has 5 aromatic heterocycles. The first kappa shape index (κ1) is 9.91. The summed E-state index contributed by atoms with van der Waals surface area (Å²) in [7, 11) is 0. The molecule has 20 heavy (non-hydrogen) atoms. The number of aromatic nitrogens is 5. The van der Waals surface area contributed by atoms with E-state index in [1.165, 1.54) is 0 Å². The lowest BCUT2D eigenvalue weighted by molar-refractivity contribution is 1.36. The Kier molecular flexibility index (Phi) is 1.65. The number of pyridine rings is 3.